The van der Waals surface area contributed by atoms with Gasteiger partial charge in [0.25, 0.3) is 0 Å². The van der Waals surface area contributed by atoms with Gasteiger partial charge in [-0.05, 0) is 31.4 Å². The highest BCUT2D eigenvalue weighted by molar-refractivity contribution is 7.89. The van der Waals surface area contributed by atoms with Crippen LogP contribution in [0.2, 0.25) is 0 Å². The van der Waals surface area contributed by atoms with E-state index < -0.39 is 10.0 Å². The molecular weight excluding hydrogens is 236 g/mol. The highest BCUT2D eigenvalue weighted by Crippen LogP contribution is 2.22. The fourth-order valence-corrected chi connectivity index (χ4v) is 3.94. The predicted molar refractivity (Wildman–Crippen MR) is 67.1 cm³/mol. The van der Waals surface area contributed by atoms with Gasteiger partial charge in [-0.15, -0.1) is 0 Å². The molecule has 1 atom stereocenters. The van der Waals surface area contributed by atoms with E-state index in [1.807, 2.05) is 19.1 Å². The maximum absolute atomic E-state index is 12.4. The Morgan fingerprint density at radius 2 is 2.06 bits per heavy atom. The van der Waals surface area contributed by atoms with E-state index in [0.29, 0.717) is 18.0 Å². The maximum atomic E-state index is 12.4. The third-order valence-electron chi connectivity index (χ3n) is 3.13. The highest BCUT2D eigenvalue weighted by atomic mass is 32.2. The first-order valence-electron chi connectivity index (χ1n) is 5.83. The summed E-state index contributed by atoms with van der Waals surface area (Å²) in [4.78, 5) is 0.397. The Labute approximate surface area is 102 Å². The minimum atomic E-state index is -3.37. The molecule has 1 fully saturated rings. The molecule has 1 aromatic rings. The monoisotopic (exact) mass is 254 g/mol. The molecule has 17 heavy (non-hydrogen) atoms. The van der Waals surface area contributed by atoms with Crippen molar-refractivity contribution in [3.63, 3.8) is 0 Å². The number of benzene rings is 1. The molecule has 1 aliphatic rings. The van der Waals surface area contributed by atoms with Gasteiger partial charge in [0.1, 0.15) is 0 Å². The van der Waals surface area contributed by atoms with Crippen molar-refractivity contribution in [2.75, 3.05) is 13.1 Å². The molecule has 0 spiro atoms. The van der Waals surface area contributed by atoms with E-state index in [2.05, 4.69) is 0 Å². The summed E-state index contributed by atoms with van der Waals surface area (Å²) < 4.78 is 26.4. The number of nitrogens with two attached hydrogens (primary N) is 1. The normalized spacial score (nSPS) is 22.6. The summed E-state index contributed by atoms with van der Waals surface area (Å²) in [5.74, 6) is 0. The first-order chi connectivity index (χ1) is 8.01. The van der Waals surface area contributed by atoms with Crippen LogP contribution in [0.25, 0.3) is 0 Å². The van der Waals surface area contributed by atoms with Crippen LogP contribution < -0.4 is 5.73 Å². The van der Waals surface area contributed by atoms with Crippen LogP contribution in [0.4, 0.5) is 0 Å². The molecule has 0 saturated carbocycles. The van der Waals surface area contributed by atoms with Gasteiger partial charge in [0.15, 0.2) is 0 Å². The quantitative estimate of drug-likeness (QED) is 0.860. The Kier molecular flexibility index (Phi) is 3.51. The molecule has 5 heteroatoms. The van der Waals surface area contributed by atoms with E-state index in [4.69, 9.17) is 5.73 Å². The smallest absolute Gasteiger partial charge is 0.243 e. The fourth-order valence-electron chi connectivity index (χ4n) is 2.18. The van der Waals surface area contributed by atoms with Gasteiger partial charge in [-0.25, -0.2) is 8.42 Å². The second-order valence-electron chi connectivity index (χ2n) is 4.53. The van der Waals surface area contributed by atoms with E-state index in [1.54, 1.807) is 12.1 Å². The molecule has 4 nitrogen and oxygen atoms in total. The molecule has 94 valence electrons. The van der Waals surface area contributed by atoms with Crippen molar-refractivity contribution in [2.24, 2.45) is 5.73 Å². The van der Waals surface area contributed by atoms with Crippen LogP contribution in [0.1, 0.15) is 18.4 Å². The van der Waals surface area contributed by atoms with Crippen LogP contribution >= 0.6 is 0 Å². The second-order valence-corrected chi connectivity index (χ2v) is 6.44. The zero-order valence-electron chi connectivity index (χ0n) is 9.96. The Hall–Kier alpha value is -0.910. The minimum absolute atomic E-state index is 0.0393. The third kappa shape index (κ3) is 2.51. The van der Waals surface area contributed by atoms with Crippen LogP contribution in [0.3, 0.4) is 0 Å². The average Bonchev–Trinajstić information content (AvgIpc) is 2.29. The number of nitrogens with zero attached hydrogens (tertiary/aromatic N) is 1. The molecule has 1 aliphatic heterocycles. The molecule has 0 amide bonds. The molecule has 2 rings (SSSR count). The summed E-state index contributed by atoms with van der Waals surface area (Å²) in [5.41, 5.74) is 6.62. The van der Waals surface area contributed by atoms with Crippen LogP contribution in [-0.2, 0) is 10.0 Å². The Morgan fingerprint density at radius 1 is 1.35 bits per heavy atom. The predicted octanol–water partition coefficient (Wildman–Crippen LogP) is 1.11. The molecule has 2 N–H and O–H groups in total. The zero-order chi connectivity index (χ0) is 12.5. The second kappa shape index (κ2) is 4.76. The van der Waals surface area contributed by atoms with Gasteiger partial charge >= 0.3 is 0 Å². The molecule has 0 radical (unpaired) electrons. The summed E-state index contributed by atoms with van der Waals surface area (Å²) in [6.07, 6.45) is 1.74. The number of aryl methyl sites for hydroxylation is 1. The van der Waals surface area contributed by atoms with Crippen molar-refractivity contribution in [1.82, 2.24) is 4.31 Å². The lowest BCUT2D eigenvalue weighted by molar-refractivity contribution is 0.316. The van der Waals surface area contributed by atoms with Crippen LogP contribution in [0.5, 0.6) is 0 Å². The van der Waals surface area contributed by atoms with Gasteiger partial charge in [0.2, 0.25) is 10.0 Å². The zero-order valence-corrected chi connectivity index (χ0v) is 10.8. The van der Waals surface area contributed by atoms with Crippen molar-refractivity contribution >= 4 is 10.0 Å². The number of sulfonamides is 1. The van der Waals surface area contributed by atoms with Gasteiger partial charge < -0.3 is 5.73 Å². The van der Waals surface area contributed by atoms with Crippen LogP contribution in [0.15, 0.2) is 29.2 Å². The van der Waals surface area contributed by atoms with Gasteiger partial charge in [-0.3, -0.25) is 0 Å². The maximum Gasteiger partial charge on any atom is 0.243 e. The van der Waals surface area contributed by atoms with E-state index >= 15 is 0 Å². The molecule has 1 heterocycles. The first-order valence-corrected chi connectivity index (χ1v) is 7.27. The third-order valence-corrected chi connectivity index (χ3v) is 5.16. The summed E-state index contributed by atoms with van der Waals surface area (Å²) >= 11 is 0. The van der Waals surface area contributed by atoms with Crippen molar-refractivity contribution in [3.05, 3.63) is 29.8 Å². The molecule has 1 unspecified atom stereocenters. The number of rotatable bonds is 2. The largest absolute Gasteiger partial charge is 0.327 e. The van der Waals surface area contributed by atoms with Gasteiger partial charge in [0, 0.05) is 19.1 Å². The molecule has 0 aromatic heterocycles. The lowest BCUT2D eigenvalue weighted by atomic mass is 10.1. The summed E-state index contributed by atoms with van der Waals surface area (Å²) in [6.45, 7) is 2.82. The Bertz CT molecular complexity index is 499. The lowest BCUT2D eigenvalue weighted by Gasteiger charge is -2.30. The average molecular weight is 254 g/mol. The lowest BCUT2D eigenvalue weighted by Crippen LogP contribution is -2.45. The molecular formula is C12H18N2O2S. The topological polar surface area (TPSA) is 63.4 Å². The summed E-state index contributed by atoms with van der Waals surface area (Å²) in [5, 5.41) is 0. The van der Waals surface area contributed by atoms with Crippen molar-refractivity contribution in [1.29, 1.82) is 0 Å². The number of piperidine rings is 1. The SMILES string of the molecule is Cc1ccccc1S(=O)(=O)N1CCCC(N)C1. The summed E-state index contributed by atoms with van der Waals surface area (Å²) in [6, 6.07) is 7.03. The molecule has 1 saturated heterocycles. The summed E-state index contributed by atoms with van der Waals surface area (Å²) in [7, 11) is -3.37. The van der Waals surface area contributed by atoms with Crippen LogP contribution in [-0.4, -0.2) is 31.9 Å². The van der Waals surface area contributed by atoms with E-state index in [1.165, 1.54) is 4.31 Å². The van der Waals surface area contributed by atoms with Crippen molar-refractivity contribution < 1.29 is 8.42 Å². The molecule has 0 bridgehead atoms. The Morgan fingerprint density at radius 3 is 2.71 bits per heavy atom. The standard InChI is InChI=1S/C12H18N2O2S/c1-10-5-2-3-7-12(10)17(15,16)14-8-4-6-11(13)9-14/h2-3,5,7,11H,4,6,8-9,13H2,1H3. The van der Waals surface area contributed by atoms with Crippen molar-refractivity contribution in [3.8, 4) is 0 Å². The highest BCUT2D eigenvalue weighted by Gasteiger charge is 2.29. The van der Waals surface area contributed by atoms with E-state index in [0.717, 1.165) is 18.4 Å². The van der Waals surface area contributed by atoms with E-state index in [9.17, 15) is 8.42 Å². The van der Waals surface area contributed by atoms with Gasteiger partial charge in [-0.2, -0.15) is 4.31 Å². The minimum Gasteiger partial charge on any atom is -0.327 e. The fraction of sp³-hybridized carbons (Fsp3) is 0.500. The van der Waals surface area contributed by atoms with Crippen LogP contribution in [0, 0.1) is 6.92 Å². The Balaban J connectivity index is 2.33. The molecule has 1 aromatic carbocycles. The van der Waals surface area contributed by atoms with E-state index in [-0.39, 0.29) is 6.04 Å². The first kappa shape index (κ1) is 12.5. The van der Waals surface area contributed by atoms with Gasteiger partial charge in [-0.1, -0.05) is 18.2 Å². The molecule has 0 aliphatic carbocycles. The number of hydrogen-bond acceptors (Lipinski definition) is 3. The van der Waals surface area contributed by atoms with Gasteiger partial charge in [0.05, 0.1) is 4.90 Å². The number of hydrogen-bond donors (Lipinski definition) is 1. The van der Waals surface area contributed by atoms with Crippen molar-refractivity contribution in [2.45, 2.75) is 30.7 Å².